The highest BCUT2D eigenvalue weighted by Gasteiger charge is 2.45. The van der Waals surface area contributed by atoms with Crippen LogP contribution >= 0.6 is 0 Å². The fraction of sp³-hybridized carbons (Fsp3) is 0.351. The first-order chi connectivity index (χ1) is 21.9. The number of fused-ring (bicyclic) bond motifs is 2. The maximum absolute atomic E-state index is 13.3. The number of sulfonamides is 1. The zero-order valence-electron chi connectivity index (χ0n) is 27.0. The van der Waals surface area contributed by atoms with E-state index in [9.17, 15) is 13.2 Å². The van der Waals surface area contributed by atoms with Crippen molar-refractivity contribution >= 4 is 33.6 Å². The van der Waals surface area contributed by atoms with Gasteiger partial charge >= 0.3 is 6.03 Å². The summed E-state index contributed by atoms with van der Waals surface area (Å²) in [5.41, 5.74) is 5.50. The average molecular weight is 638 g/mol. The molecule has 2 saturated heterocycles. The van der Waals surface area contributed by atoms with Crippen molar-refractivity contribution in [1.82, 2.24) is 14.1 Å². The van der Waals surface area contributed by atoms with Crippen molar-refractivity contribution in [2.24, 2.45) is 5.92 Å². The van der Waals surface area contributed by atoms with Crippen LogP contribution in [0, 0.1) is 12.8 Å². The first-order valence-corrected chi connectivity index (χ1v) is 17.6. The van der Waals surface area contributed by atoms with Crippen molar-refractivity contribution in [2.75, 3.05) is 10.6 Å². The van der Waals surface area contributed by atoms with Gasteiger partial charge in [-0.1, -0.05) is 80.9 Å². The quantitative estimate of drug-likeness (QED) is 0.205. The van der Waals surface area contributed by atoms with E-state index in [0.29, 0.717) is 17.4 Å². The van der Waals surface area contributed by atoms with Crippen LogP contribution in [0.1, 0.15) is 68.8 Å². The fourth-order valence-electron chi connectivity index (χ4n) is 6.68. The summed E-state index contributed by atoms with van der Waals surface area (Å²) >= 11 is 0. The smallest absolute Gasteiger partial charge is 0.308 e. The number of piperidine rings is 1. The van der Waals surface area contributed by atoms with Crippen LogP contribution in [-0.2, 0) is 21.9 Å². The number of aromatic nitrogens is 2. The highest BCUT2D eigenvalue weighted by atomic mass is 32.2. The van der Waals surface area contributed by atoms with Gasteiger partial charge < -0.3 is 5.32 Å². The summed E-state index contributed by atoms with van der Waals surface area (Å²) in [7, 11) is -3.48. The van der Waals surface area contributed by atoms with E-state index in [1.165, 1.54) is 11.0 Å². The van der Waals surface area contributed by atoms with E-state index in [1.54, 1.807) is 15.1 Å². The number of amides is 2. The molecule has 2 aliphatic rings. The summed E-state index contributed by atoms with van der Waals surface area (Å²) in [4.78, 5) is 13.1. The minimum Gasteiger partial charge on any atom is -0.308 e. The number of urea groups is 1. The third kappa shape index (κ3) is 7.26. The van der Waals surface area contributed by atoms with Crippen LogP contribution < -0.4 is 10.6 Å². The number of carbonyl (C=O) groups excluding carboxylic acids is 1. The molecule has 2 bridgehead atoms. The van der Waals surface area contributed by atoms with Gasteiger partial charge in [-0.05, 0) is 86.4 Å². The molecule has 6 rings (SSSR count). The second kappa shape index (κ2) is 12.9. The minimum atomic E-state index is -3.48. The lowest BCUT2D eigenvalue weighted by Gasteiger charge is -2.37. The molecule has 2 atom stereocenters. The number of nitrogens with one attached hydrogen (secondary N) is 2. The Balaban J connectivity index is 1.06. The number of rotatable bonds is 8. The lowest BCUT2D eigenvalue weighted by Crippen LogP contribution is -2.46. The zero-order chi connectivity index (χ0) is 32.5. The number of hydrogen-bond donors (Lipinski definition) is 2. The van der Waals surface area contributed by atoms with Crippen molar-refractivity contribution < 1.29 is 13.2 Å². The Morgan fingerprint density at radius 3 is 2.20 bits per heavy atom. The number of carbonyl (C=O) groups is 1. The Morgan fingerprint density at radius 2 is 1.57 bits per heavy atom. The maximum Gasteiger partial charge on any atom is 0.324 e. The molecule has 46 heavy (non-hydrogen) atoms. The maximum atomic E-state index is 13.3. The summed E-state index contributed by atoms with van der Waals surface area (Å²) in [6.45, 7) is 8.33. The van der Waals surface area contributed by atoms with E-state index in [2.05, 4.69) is 43.5 Å². The first-order valence-electron chi connectivity index (χ1n) is 16.1. The van der Waals surface area contributed by atoms with Crippen LogP contribution in [-0.4, -0.2) is 40.6 Å². The van der Waals surface area contributed by atoms with Crippen LogP contribution in [0.15, 0.2) is 90.3 Å². The van der Waals surface area contributed by atoms with E-state index in [4.69, 9.17) is 5.10 Å². The fourth-order valence-corrected chi connectivity index (χ4v) is 8.37. The van der Waals surface area contributed by atoms with Gasteiger partial charge in [0.2, 0.25) is 10.0 Å². The first kappa shape index (κ1) is 31.8. The Kier molecular flexibility index (Phi) is 8.90. The number of anilines is 2. The second-order valence-corrected chi connectivity index (χ2v) is 15.4. The van der Waals surface area contributed by atoms with E-state index in [0.717, 1.165) is 54.6 Å². The molecule has 2 fully saturated rings. The lowest BCUT2D eigenvalue weighted by molar-refractivity contribution is 0.192. The van der Waals surface area contributed by atoms with Crippen molar-refractivity contribution in [1.29, 1.82) is 0 Å². The highest BCUT2D eigenvalue weighted by molar-refractivity contribution is 7.92. The Bertz CT molecular complexity index is 1790. The van der Waals surface area contributed by atoms with Crippen LogP contribution in [0.3, 0.4) is 0 Å². The molecule has 8 nitrogen and oxygen atoms in total. The van der Waals surface area contributed by atoms with Gasteiger partial charge in [-0.3, -0.25) is 5.32 Å². The molecule has 2 N–H and O–H groups in total. The van der Waals surface area contributed by atoms with Crippen LogP contribution in [0.25, 0.3) is 11.8 Å². The van der Waals surface area contributed by atoms with E-state index < -0.39 is 10.0 Å². The predicted molar refractivity (Wildman–Crippen MR) is 186 cm³/mol. The third-order valence-electron chi connectivity index (χ3n) is 9.02. The second-order valence-electron chi connectivity index (χ2n) is 13.7. The Morgan fingerprint density at radius 1 is 0.913 bits per heavy atom. The molecular formula is C37H43N5O3S. The van der Waals surface area contributed by atoms with Crippen LogP contribution in [0.4, 0.5) is 16.3 Å². The molecule has 9 heteroatoms. The minimum absolute atomic E-state index is 0.0472. The van der Waals surface area contributed by atoms with Gasteiger partial charge in [-0.25, -0.2) is 17.9 Å². The number of aryl methyl sites for hydroxylation is 1. The SMILES string of the molecule is Cc1ccc(-n2nc(C(C)(C)C)cc2NC(=O)Nc2ccc(CC3CC4CCC(C3)N4S(=O)(=O)/C=C/c3ccccc3)cc2)cc1. The molecular weight excluding hydrogens is 595 g/mol. The van der Waals surface area contributed by atoms with E-state index in [1.807, 2.05) is 79.7 Å². The molecule has 2 unspecified atom stereocenters. The van der Waals surface area contributed by atoms with E-state index >= 15 is 0 Å². The van der Waals surface area contributed by atoms with Gasteiger partial charge in [-0.15, -0.1) is 0 Å². The molecule has 240 valence electrons. The topological polar surface area (TPSA) is 96.3 Å². The van der Waals surface area contributed by atoms with Crippen LogP contribution in [0.2, 0.25) is 0 Å². The highest BCUT2D eigenvalue weighted by Crippen LogP contribution is 2.42. The number of benzene rings is 3. The van der Waals surface area contributed by atoms with Crippen molar-refractivity contribution in [3.8, 4) is 5.69 Å². The molecule has 2 aliphatic heterocycles. The van der Waals surface area contributed by atoms with Crippen molar-refractivity contribution in [3.05, 3.63) is 113 Å². The zero-order valence-corrected chi connectivity index (χ0v) is 27.8. The third-order valence-corrected chi connectivity index (χ3v) is 10.7. The van der Waals surface area contributed by atoms with Gasteiger partial charge in [0.05, 0.1) is 11.4 Å². The normalized spacial score (nSPS) is 20.2. The summed E-state index contributed by atoms with van der Waals surface area (Å²) in [6, 6.07) is 27.2. The molecule has 3 heterocycles. The summed E-state index contributed by atoms with van der Waals surface area (Å²) in [5, 5.41) is 12.1. The predicted octanol–water partition coefficient (Wildman–Crippen LogP) is 7.91. The molecule has 0 saturated carbocycles. The summed E-state index contributed by atoms with van der Waals surface area (Å²) < 4.78 is 30.1. The molecule has 0 spiro atoms. The molecule has 3 aromatic carbocycles. The number of nitrogens with zero attached hydrogens (tertiary/aromatic N) is 3. The lowest BCUT2D eigenvalue weighted by atomic mass is 9.87. The van der Waals surface area contributed by atoms with Crippen LogP contribution in [0.5, 0.6) is 0 Å². The van der Waals surface area contributed by atoms with E-state index in [-0.39, 0.29) is 23.5 Å². The molecule has 0 radical (unpaired) electrons. The molecule has 1 aromatic heterocycles. The number of hydrogen-bond acceptors (Lipinski definition) is 4. The molecule has 4 aromatic rings. The standard InChI is InChI=1S/C37H43N5O3S/c1-26-10-16-31(17-11-26)41-35(25-34(40-41)37(2,3)4)39-36(43)38-30-14-12-28(13-15-30)22-29-23-32-18-19-33(24-29)42(32)46(44,45)21-20-27-8-6-5-7-9-27/h5-17,20-21,25,29,32-33H,18-19,22-24H2,1-4H3,(H2,38,39,43)/b21-20+. The molecule has 2 amide bonds. The largest absolute Gasteiger partial charge is 0.324 e. The van der Waals surface area contributed by atoms with Gasteiger partial charge in [0.15, 0.2) is 0 Å². The Hall–Kier alpha value is -4.21. The van der Waals surface area contributed by atoms with Crippen molar-refractivity contribution in [3.63, 3.8) is 0 Å². The summed E-state index contributed by atoms with van der Waals surface area (Å²) in [5.74, 6) is 1.02. The van der Waals surface area contributed by atoms with Crippen molar-refractivity contribution in [2.45, 2.75) is 77.3 Å². The van der Waals surface area contributed by atoms with Gasteiger partial charge in [-0.2, -0.15) is 9.40 Å². The molecule has 0 aliphatic carbocycles. The Labute approximate surface area is 272 Å². The monoisotopic (exact) mass is 637 g/mol. The van der Waals surface area contributed by atoms with Gasteiger partial charge in [0.25, 0.3) is 0 Å². The van der Waals surface area contributed by atoms with Gasteiger partial charge in [0.1, 0.15) is 5.82 Å². The van der Waals surface area contributed by atoms with Gasteiger partial charge in [0, 0.05) is 34.7 Å². The average Bonchev–Trinajstić information content (AvgIpc) is 3.57. The summed E-state index contributed by atoms with van der Waals surface area (Å²) in [6.07, 6.45) is 6.14.